The number of hydrogen-bond donors (Lipinski definition) is 1. The number of aliphatic imine (C=N–C) groups is 1. The van der Waals surface area contributed by atoms with Crippen LogP contribution in [-0.4, -0.2) is 18.5 Å². The Balaban J connectivity index is 3.82. The average Bonchev–Trinajstić information content (AvgIpc) is 1.65. The normalized spacial score (nSPS) is 11.6. The van der Waals surface area contributed by atoms with Gasteiger partial charge in [0.05, 0.1) is 5.71 Å². The van der Waals surface area contributed by atoms with E-state index in [0.29, 0.717) is 5.71 Å². The van der Waals surface area contributed by atoms with Crippen LogP contribution in [0.5, 0.6) is 0 Å². The quantitative estimate of drug-likeness (QED) is 0.477. The molecule has 0 amide bonds. The van der Waals surface area contributed by atoms with Crippen molar-refractivity contribution in [2.75, 3.05) is 7.05 Å². The summed E-state index contributed by atoms with van der Waals surface area (Å²) in [5.41, 5.74) is 1.35. The van der Waals surface area contributed by atoms with Gasteiger partial charge in [-0.1, -0.05) is 0 Å². The summed E-state index contributed by atoms with van der Waals surface area (Å²) in [6, 6.07) is 0. The Bertz CT molecular complexity index is 103. The molecule has 0 fully saturated rings. The Kier molecular flexibility index (Phi) is 2.27. The number of nitrogens with zero attached hydrogens (tertiary/aromatic N) is 1. The van der Waals surface area contributed by atoms with Crippen molar-refractivity contribution in [2.24, 2.45) is 4.99 Å². The molecule has 0 saturated heterocycles. The molecule has 0 aliphatic heterocycles. The maximum atomic E-state index is 6.97. The predicted octanol–water partition coefficient (Wildman–Crippen LogP) is 1.12. The van der Waals surface area contributed by atoms with Crippen LogP contribution >= 0.6 is 0 Å². The highest BCUT2D eigenvalue weighted by atomic mass is 14.7. The standard InChI is InChI=1S/C5H10N2/c1-4(6)5(2)7-3/h6H,1-3H3/b6-4?,7-5-. The van der Waals surface area contributed by atoms with Gasteiger partial charge in [0, 0.05) is 12.8 Å². The van der Waals surface area contributed by atoms with E-state index in [4.69, 9.17) is 5.41 Å². The number of rotatable bonds is 1. The molecule has 0 aliphatic carbocycles. The van der Waals surface area contributed by atoms with E-state index in [0.717, 1.165) is 5.71 Å². The van der Waals surface area contributed by atoms with Crippen LogP contribution in [0.2, 0.25) is 0 Å². The number of hydrogen-bond acceptors (Lipinski definition) is 2. The monoisotopic (exact) mass is 98.1 g/mol. The van der Waals surface area contributed by atoms with E-state index in [-0.39, 0.29) is 0 Å². The lowest BCUT2D eigenvalue weighted by molar-refractivity contribution is 1.41. The molecule has 0 atom stereocenters. The molecule has 2 nitrogen and oxygen atoms in total. The lowest BCUT2D eigenvalue weighted by atomic mass is 10.3. The van der Waals surface area contributed by atoms with Crippen molar-refractivity contribution >= 4 is 11.4 Å². The van der Waals surface area contributed by atoms with E-state index in [1.165, 1.54) is 0 Å². The van der Waals surface area contributed by atoms with Crippen LogP contribution in [0.15, 0.2) is 4.99 Å². The molecular weight excluding hydrogens is 88.1 g/mol. The second kappa shape index (κ2) is 2.50. The second-order valence-electron chi connectivity index (χ2n) is 1.43. The minimum absolute atomic E-state index is 0.544. The van der Waals surface area contributed by atoms with Gasteiger partial charge in [-0.15, -0.1) is 0 Å². The van der Waals surface area contributed by atoms with Gasteiger partial charge in [0.1, 0.15) is 0 Å². The van der Waals surface area contributed by atoms with Crippen LogP contribution in [0.25, 0.3) is 0 Å². The highest BCUT2D eigenvalue weighted by molar-refractivity contribution is 6.39. The first-order valence-corrected chi connectivity index (χ1v) is 2.17. The molecule has 0 unspecified atom stereocenters. The molecule has 7 heavy (non-hydrogen) atoms. The zero-order valence-electron chi connectivity index (χ0n) is 4.95. The zero-order chi connectivity index (χ0) is 5.86. The van der Waals surface area contributed by atoms with Gasteiger partial charge in [0.15, 0.2) is 0 Å². The molecule has 1 N–H and O–H groups in total. The third kappa shape index (κ3) is 2.09. The topological polar surface area (TPSA) is 36.2 Å². The zero-order valence-corrected chi connectivity index (χ0v) is 4.95. The van der Waals surface area contributed by atoms with Gasteiger partial charge in [-0.05, 0) is 13.8 Å². The fourth-order valence-corrected chi connectivity index (χ4v) is 0.168. The maximum Gasteiger partial charge on any atom is 0.0518 e. The maximum absolute atomic E-state index is 6.97. The molecule has 2 heteroatoms. The van der Waals surface area contributed by atoms with Crippen molar-refractivity contribution in [1.82, 2.24) is 0 Å². The molecule has 0 aromatic carbocycles. The minimum Gasteiger partial charge on any atom is -0.304 e. The Morgan fingerprint density at radius 3 is 1.86 bits per heavy atom. The van der Waals surface area contributed by atoms with E-state index in [2.05, 4.69) is 4.99 Å². The van der Waals surface area contributed by atoms with E-state index < -0.39 is 0 Å². The smallest absolute Gasteiger partial charge is 0.0518 e. The molecule has 0 aromatic rings. The molecular formula is C5H10N2. The molecule has 0 spiro atoms. The van der Waals surface area contributed by atoms with Gasteiger partial charge in [-0.3, -0.25) is 4.99 Å². The van der Waals surface area contributed by atoms with Crippen LogP contribution < -0.4 is 0 Å². The molecule has 0 saturated carbocycles. The fourth-order valence-electron chi connectivity index (χ4n) is 0.168. The van der Waals surface area contributed by atoms with Crippen molar-refractivity contribution in [1.29, 1.82) is 5.41 Å². The van der Waals surface area contributed by atoms with E-state index in [1.54, 1.807) is 14.0 Å². The third-order valence-electron chi connectivity index (χ3n) is 0.878. The first-order chi connectivity index (χ1) is 3.18. The Hall–Kier alpha value is -0.660. The molecule has 40 valence electrons. The van der Waals surface area contributed by atoms with Crippen LogP contribution in [0, 0.1) is 5.41 Å². The molecule has 0 heterocycles. The van der Waals surface area contributed by atoms with Crippen molar-refractivity contribution in [3.63, 3.8) is 0 Å². The van der Waals surface area contributed by atoms with E-state index >= 15 is 0 Å². The summed E-state index contributed by atoms with van der Waals surface area (Å²) in [7, 11) is 1.69. The van der Waals surface area contributed by atoms with Crippen molar-refractivity contribution < 1.29 is 0 Å². The summed E-state index contributed by atoms with van der Waals surface area (Å²) in [5, 5.41) is 6.97. The van der Waals surface area contributed by atoms with Crippen LogP contribution in [0.1, 0.15) is 13.8 Å². The fraction of sp³-hybridized carbons (Fsp3) is 0.600. The Morgan fingerprint density at radius 2 is 1.86 bits per heavy atom. The number of nitrogens with one attached hydrogen (secondary N) is 1. The Morgan fingerprint density at radius 1 is 1.43 bits per heavy atom. The molecule has 0 radical (unpaired) electrons. The van der Waals surface area contributed by atoms with Gasteiger partial charge in [-0.2, -0.15) is 0 Å². The van der Waals surface area contributed by atoms with Crippen LogP contribution in [0.3, 0.4) is 0 Å². The first kappa shape index (κ1) is 6.34. The van der Waals surface area contributed by atoms with Gasteiger partial charge in [0.2, 0.25) is 0 Å². The SMILES string of the molecule is C/N=C(/C)C(C)=N. The van der Waals surface area contributed by atoms with Crippen molar-refractivity contribution in [3.8, 4) is 0 Å². The summed E-state index contributed by atoms with van der Waals surface area (Å²) in [5.74, 6) is 0. The van der Waals surface area contributed by atoms with Gasteiger partial charge in [-0.25, -0.2) is 0 Å². The second-order valence-corrected chi connectivity index (χ2v) is 1.43. The predicted molar refractivity (Wildman–Crippen MR) is 32.4 cm³/mol. The minimum atomic E-state index is 0.544. The first-order valence-electron chi connectivity index (χ1n) is 2.17. The summed E-state index contributed by atoms with van der Waals surface area (Å²) in [4.78, 5) is 3.78. The lowest BCUT2D eigenvalue weighted by Gasteiger charge is -1.88. The molecule has 0 aliphatic rings. The molecule has 0 bridgehead atoms. The van der Waals surface area contributed by atoms with Crippen molar-refractivity contribution in [2.45, 2.75) is 13.8 Å². The summed E-state index contributed by atoms with van der Waals surface area (Å²) in [6.07, 6.45) is 0. The summed E-state index contributed by atoms with van der Waals surface area (Å²) >= 11 is 0. The largest absolute Gasteiger partial charge is 0.304 e. The van der Waals surface area contributed by atoms with Gasteiger partial charge in [0.25, 0.3) is 0 Å². The van der Waals surface area contributed by atoms with Gasteiger partial charge < -0.3 is 5.41 Å². The molecule has 0 rings (SSSR count). The highest BCUT2D eigenvalue weighted by Crippen LogP contribution is 1.74. The van der Waals surface area contributed by atoms with E-state index in [9.17, 15) is 0 Å². The van der Waals surface area contributed by atoms with E-state index in [1.807, 2.05) is 6.92 Å². The lowest BCUT2D eigenvalue weighted by Crippen LogP contribution is -2.01. The third-order valence-corrected chi connectivity index (χ3v) is 0.878. The average molecular weight is 98.1 g/mol. The highest BCUT2D eigenvalue weighted by Gasteiger charge is 1.86. The van der Waals surface area contributed by atoms with Crippen molar-refractivity contribution in [3.05, 3.63) is 0 Å². The Labute approximate surface area is 43.8 Å². The summed E-state index contributed by atoms with van der Waals surface area (Å²) in [6.45, 7) is 3.55. The van der Waals surface area contributed by atoms with Crippen LogP contribution in [0.4, 0.5) is 0 Å². The van der Waals surface area contributed by atoms with Gasteiger partial charge >= 0.3 is 0 Å². The molecule has 0 aromatic heterocycles. The van der Waals surface area contributed by atoms with Crippen LogP contribution in [-0.2, 0) is 0 Å². The summed E-state index contributed by atoms with van der Waals surface area (Å²) < 4.78 is 0.